The van der Waals surface area contributed by atoms with E-state index in [9.17, 15) is 4.39 Å². The summed E-state index contributed by atoms with van der Waals surface area (Å²) < 4.78 is 18.2. The first-order valence-electron chi connectivity index (χ1n) is 4.20. The van der Waals surface area contributed by atoms with Crippen molar-refractivity contribution in [1.29, 1.82) is 0 Å². The second kappa shape index (κ2) is 3.49. The van der Waals surface area contributed by atoms with E-state index in [1.807, 2.05) is 0 Å². The Morgan fingerprint density at radius 1 is 1.36 bits per heavy atom. The lowest BCUT2D eigenvalue weighted by atomic mass is 10.1. The van der Waals surface area contributed by atoms with Crippen LogP contribution >= 0.6 is 0 Å². The largest absolute Gasteiger partial charge is 0.357 e. The molecular weight excluding hydrogens is 183 g/mol. The zero-order chi connectivity index (χ0) is 9.97. The molecule has 4 heteroatoms. The van der Waals surface area contributed by atoms with Gasteiger partial charge in [0.2, 0.25) is 5.88 Å². The van der Waals surface area contributed by atoms with Crippen molar-refractivity contribution in [2.24, 2.45) is 0 Å². The molecule has 0 unspecified atom stereocenters. The second-order valence-electron chi connectivity index (χ2n) is 2.81. The summed E-state index contributed by atoms with van der Waals surface area (Å²) in [7, 11) is 1.71. The third-order valence-corrected chi connectivity index (χ3v) is 1.91. The maximum atomic E-state index is 13.3. The van der Waals surface area contributed by atoms with Crippen molar-refractivity contribution in [1.82, 2.24) is 5.16 Å². The van der Waals surface area contributed by atoms with Gasteiger partial charge in [-0.2, -0.15) is 0 Å². The van der Waals surface area contributed by atoms with E-state index in [0.717, 1.165) is 0 Å². The average molecular weight is 192 g/mol. The van der Waals surface area contributed by atoms with Crippen molar-refractivity contribution in [3.05, 3.63) is 36.1 Å². The van der Waals surface area contributed by atoms with Gasteiger partial charge < -0.3 is 9.84 Å². The highest BCUT2D eigenvalue weighted by Gasteiger charge is 2.08. The fraction of sp³-hybridized carbons (Fsp3) is 0.100. The van der Waals surface area contributed by atoms with Gasteiger partial charge in [-0.1, -0.05) is 17.3 Å². The van der Waals surface area contributed by atoms with Crippen LogP contribution in [0.15, 0.2) is 34.9 Å². The minimum absolute atomic E-state index is 0.302. The van der Waals surface area contributed by atoms with Gasteiger partial charge >= 0.3 is 0 Å². The van der Waals surface area contributed by atoms with Crippen LogP contribution in [0.2, 0.25) is 0 Å². The lowest BCUT2D eigenvalue weighted by Gasteiger charge is -1.95. The van der Waals surface area contributed by atoms with E-state index >= 15 is 0 Å². The van der Waals surface area contributed by atoms with Crippen molar-refractivity contribution in [3.63, 3.8) is 0 Å². The van der Waals surface area contributed by atoms with Crippen LogP contribution in [0.5, 0.6) is 0 Å². The van der Waals surface area contributed by atoms with E-state index in [1.54, 1.807) is 31.3 Å². The highest BCUT2D eigenvalue weighted by atomic mass is 19.1. The van der Waals surface area contributed by atoms with Crippen molar-refractivity contribution >= 4 is 5.88 Å². The van der Waals surface area contributed by atoms with Crippen molar-refractivity contribution < 1.29 is 8.91 Å². The van der Waals surface area contributed by atoms with Gasteiger partial charge in [0.25, 0.3) is 0 Å². The number of benzene rings is 1. The molecule has 1 aromatic heterocycles. The predicted molar refractivity (Wildman–Crippen MR) is 51.4 cm³/mol. The fourth-order valence-corrected chi connectivity index (χ4v) is 1.19. The summed E-state index contributed by atoms with van der Waals surface area (Å²) in [6, 6.07) is 8.10. The Bertz CT molecular complexity index is 439. The third-order valence-electron chi connectivity index (χ3n) is 1.91. The first kappa shape index (κ1) is 8.74. The molecule has 0 saturated heterocycles. The Kier molecular flexibility index (Phi) is 2.18. The molecule has 0 bridgehead atoms. The van der Waals surface area contributed by atoms with Crippen LogP contribution in [0.25, 0.3) is 11.3 Å². The van der Waals surface area contributed by atoms with Gasteiger partial charge in [0.1, 0.15) is 11.5 Å². The summed E-state index contributed by atoms with van der Waals surface area (Å²) in [4.78, 5) is 0. The Hall–Kier alpha value is -1.84. The summed E-state index contributed by atoms with van der Waals surface area (Å²) in [5.41, 5.74) is 0.935. The molecule has 14 heavy (non-hydrogen) atoms. The second-order valence-corrected chi connectivity index (χ2v) is 2.81. The minimum Gasteiger partial charge on any atom is -0.357 e. The highest BCUT2D eigenvalue weighted by molar-refractivity contribution is 5.62. The third kappa shape index (κ3) is 1.46. The Labute approximate surface area is 80.5 Å². The molecule has 0 amide bonds. The van der Waals surface area contributed by atoms with Crippen LogP contribution in [-0.4, -0.2) is 12.2 Å². The number of nitrogens with one attached hydrogen (secondary N) is 1. The van der Waals surface area contributed by atoms with E-state index in [0.29, 0.717) is 17.1 Å². The summed E-state index contributed by atoms with van der Waals surface area (Å²) in [5, 5.41) is 6.53. The Morgan fingerprint density at radius 3 is 2.79 bits per heavy atom. The maximum Gasteiger partial charge on any atom is 0.225 e. The van der Waals surface area contributed by atoms with E-state index in [-0.39, 0.29) is 5.82 Å². The van der Waals surface area contributed by atoms with Gasteiger partial charge in [0, 0.05) is 18.7 Å². The molecule has 0 saturated carbocycles. The Balaban J connectivity index is 2.44. The van der Waals surface area contributed by atoms with Crippen LogP contribution in [0.3, 0.4) is 0 Å². The molecule has 0 spiro atoms. The monoisotopic (exact) mass is 192 g/mol. The van der Waals surface area contributed by atoms with Gasteiger partial charge in [-0.3, -0.25) is 0 Å². The zero-order valence-corrected chi connectivity index (χ0v) is 7.62. The number of halogens is 1. The molecular formula is C10H9FN2O. The van der Waals surface area contributed by atoms with Crippen molar-refractivity contribution in [2.45, 2.75) is 0 Å². The van der Waals surface area contributed by atoms with Gasteiger partial charge in [-0.05, 0) is 12.1 Å². The molecule has 1 heterocycles. The molecule has 0 aliphatic carbocycles. The molecule has 72 valence electrons. The van der Waals surface area contributed by atoms with Crippen LogP contribution in [0.1, 0.15) is 0 Å². The SMILES string of the molecule is CNc1cc(-c2ccccc2F)no1. The average Bonchev–Trinajstić information content (AvgIpc) is 2.67. The first-order chi connectivity index (χ1) is 6.81. The fourth-order valence-electron chi connectivity index (χ4n) is 1.19. The number of hydrogen-bond acceptors (Lipinski definition) is 3. The van der Waals surface area contributed by atoms with Crippen LogP contribution in [0, 0.1) is 5.82 Å². The molecule has 1 N–H and O–H groups in total. The van der Waals surface area contributed by atoms with Crippen LogP contribution in [0.4, 0.5) is 10.3 Å². The molecule has 1 aromatic carbocycles. The Morgan fingerprint density at radius 2 is 2.14 bits per heavy atom. The molecule has 0 aliphatic rings. The van der Waals surface area contributed by atoms with Crippen LogP contribution in [-0.2, 0) is 0 Å². The lowest BCUT2D eigenvalue weighted by molar-refractivity contribution is 0.436. The predicted octanol–water partition coefficient (Wildman–Crippen LogP) is 2.52. The number of hydrogen-bond donors (Lipinski definition) is 1. The molecule has 0 radical (unpaired) electrons. The number of anilines is 1. The van der Waals surface area contributed by atoms with E-state index < -0.39 is 0 Å². The minimum atomic E-state index is -0.302. The summed E-state index contributed by atoms with van der Waals surface area (Å²) in [6.45, 7) is 0. The van der Waals surface area contributed by atoms with Gasteiger partial charge in [-0.25, -0.2) is 4.39 Å². The molecule has 2 aromatic rings. The molecule has 2 rings (SSSR count). The molecule has 3 nitrogen and oxygen atoms in total. The first-order valence-corrected chi connectivity index (χ1v) is 4.20. The van der Waals surface area contributed by atoms with Gasteiger partial charge in [0.05, 0.1) is 0 Å². The standard InChI is InChI=1S/C10H9FN2O/c1-12-10-6-9(13-14-10)7-4-2-3-5-8(7)11/h2-6,12H,1H3. The normalized spacial score (nSPS) is 10.1. The molecule has 0 aliphatic heterocycles. The summed E-state index contributed by atoms with van der Waals surface area (Å²) in [6.07, 6.45) is 0. The summed E-state index contributed by atoms with van der Waals surface area (Å²) in [5.74, 6) is 0.215. The zero-order valence-electron chi connectivity index (χ0n) is 7.62. The lowest BCUT2D eigenvalue weighted by Crippen LogP contribution is -1.83. The van der Waals surface area contributed by atoms with Crippen molar-refractivity contribution in [3.8, 4) is 11.3 Å². The van der Waals surface area contributed by atoms with Crippen molar-refractivity contribution in [2.75, 3.05) is 12.4 Å². The quantitative estimate of drug-likeness (QED) is 0.794. The van der Waals surface area contributed by atoms with E-state index in [1.165, 1.54) is 6.07 Å². The smallest absolute Gasteiger partial charge is 0.225 e. The van der Waals surface area contributed by atoms with Gasteiger partial charge in [0.15, 0.2) is 0 Å². The highest BCUT2D eigenvalue weighted by Crippen LogP contribution is 2.23. The van der Waals surface area contributed by atoms with E-state index in [2.05, 4.69) is 10.5 Å². The van der Waals surface area contributed by atoms with Crippen LogP contribution < -0.4 is 5.32 Å². The van der Waals surface area contributed by atoms with E-state index in [4.69, 9.17) is 4.52 Å². The topological polar surface area (TPSA) is 38.1 Å². The number of aromatic nitrogens is 1. The van der Waals surface area contributed by atoms with Gasteiger partial charge in [-0.15, -0.1) is 0 Å². The number of nitrogens with zero attached hydrogens (tertiary/aromatic N) is 1. The maximum absolute atomic E-state index is 13.3. The number of rotatable bonds is 2. The molecule has 0 fully saturated rings. The summed E-state index contributed by atoms with van der Waals surface area (Å²) >= 11 is 0. The molecule has 0 atom stereocenters.